The Morgan fingerprint density at radius 3 is 1.64 bits per heavy atom. The van der Waals surface area contributed by atoms with Crippen molar-refractivity contribution in [3.05, 3.63) is 22.8 Å². The van der Waals surface area contributed by atoms with Gasteiger partial charge in [0.1, 0.15) is 0 Å². The Balaban J connectivity index is 2.46. The van der Waals surface area contributed by atoms with E-state index in [1.807, 2.05) is 0 Å². The Morgan fingerprint density at radius 2 is 1.36 bits per heavy atom. The van der Waals surface area contributed by atoms with Gasteiger partial charge in [-0.05, 0) is 46.1 Å². The fourth-order valence-electron chi connectivity index (χ4n) is 2.44. The van der Waals surface area contributed by atoms with Crippen molar-refractivity contribution >= 4 is 0 Å². The van der Waals surface area contributed by atoms with Gasteiger partial charge in [0, 0.05) is 0 Å². The van der Waals surface area contributed by atoms with Crippen molar-refractivity contribution in [3.63, 3.8) is 0 Å². The molecule has 76 valence electrons. The zero-order valence-corrected chi connectivity index (χ0v) is 9.94. The van der Waals surface area contributed by atoms with Gasteiger partial charge in [-0.25, -0.2) is 0 Å². The zero-order valence-electron chi connectivity index (χ0n) is 9.94. The van der Waals surface area contributed by atoms with E-state index in [1.165, 1.54) is 6.42 Å². The number of rotatable bonds is 3. The number of aryl methyl sites for hydroxylation is 1. The van der Waals surface area contributed by atoms with Gasteiger partial charge in [-0.1, -0.05) is 40.7 Å². The molecule has 0 spiro atoms. The van der Waals surface area contributed by atoms with Gasteiger partial charge in [-0.2, -0.15) is 0 Å². The van der Waals surface area contributed by atoms with Gasteiger partial charge in [0.15, 0.2) is 0 Å². The number of hydrogen-bond donors (Lipinski definition) is 0. The molecule has 2 aliphatic carbocycles. The number of benzene rings is 1. The first-order chi connectivity index (χ1) is 6.57. The minimum absolute atomic E-state index is 0.681. The van der Waals surface area contributed by atoms with Crippen LogP contribution in [0.1, 0.15) is 63.1 Å². The molecule has 0 aliphatic heterocycles. The SMILES string of the molecule is CCc1c2c(C(C)C)cc(C(C)C)c1-2. The lowest BCUT2D eigenvalue weighted by atomic mass is 10.0. The van der Waals surface area contributed by atoms with E-state index in [0.717, 1.165) is 0 Å². The molecule has 2 aliphatic rings. The van der Waals surface area contributed by atoms with Gasteiger partial charge < -0.3 is 0 Å². The van der Waals surface area contributed by atoms with E-state index in [4.69, 9.17) is 0 Å². The van der Waals surface area contributed by atoms with Gasteiger partial charge in [-0.15, -0.1) is 0 Å². The van der Waals surface area contributed by atoms with Crippen LogP contribution in [-0.2, 0) is 6.42 Å². The van der Waals surface area contributed by atoms with Gasteiger partial charge in [0.2, 0.25) is 0 Å². The highest BCUT2D eigenvalue weighted by Gasteiger charge is 2.32. The van der Waals surface area contributed by atoms with Crippen LogP contribution in [0.25, 0.3) is 11.1 Å². The summed E-state index contributed by atoms with van der Waals surface area (Å²) in [6.07, 6.45) is 1.21. The van der Waals surface area contributed by atoms with Crippen molar-refractivity contribution in [2.75, 3.05) is 0 Å². The summed E-state index contributed by atoms with van der Waals surface area (Å²) < 4.78 is 0. The van der Waals surface area contributed by atoms with E-state index in [-0.39, 0.29) is 0 Å². The monoisotopic (exact) mass is 188 g/mol. The molecular formula is C14H20. The smallest absolute Gasteiger partial charge is 0.0105 e. The molecule has 2 rings (SSSR count). The molecule has 0 saturated heterocycles. The second kappa shape index (κ2) is 3.12. The number of fused-ring (bicyclic) bond motifs is 1. The predicted octanol–water partition coefficient (Wildman–Crippen LogP) is 4.48. The Labute approximate surface area is 87.3 Å². The molecule has 0 aromatic carbocycles. The van der Waals surface area contributed by atoms with E-state index in [9.17, 15) is 0 Å². The largest absolute Gasteiger partial charge is 0.0612 e. The molecule has 14 heavy (non-hydrogen) atoms. The van der Waals surface area contributed by atoms with Crippen LogP contribution in [0, 0.1) is 0 Å². The van der Waals surface area contributed by atoms with Crippen molar-refractivity contribution in [1.82, 2.24) is 0 Å². The summed E-state index contributed by atoms with van der Waals surface area (Å²) in [5.74, 6) is 1.36. The quantitative estimate of drug-likeness (QED) is 0.666. The highest BCUT2D eigenvalue weighted by atomic mass is 14.4. The summed E-state index contributed by atoms with van der Waals surface area (Å²) in [4.78, 5) is 0. The zero-order chi connectivity index (χ0) is 10.5. The third-order valence-corrected chi connectivity index (χ3v) is 3.28. The van der Waals surface area contributed by atoms with Crippen LogP contribution in [0.5, 0.6) is 0 Å². The van der Waals surface area contributed by atoms with Crippen molar-refractivity contribution in [3.8, 4) is 11.1 Å². The van der Waals surface area contributed by atoms with Crippen LogP contribution in [0.15, 0.2) is 6.07 Å². The van der Waals surface area contributed by atoms with E-state index in [2.05, 4.69) is 40.7 Å². The molecule has 0 N–H and O–H groups in total. The van der Waals surface area contributed by atoms with Crippen molar-refractivity contribution in [2.24, 2.45) is 0 Å². The summed E-state index contributed by atoms with van der Waals surface area (Å²) in [7, 11) is 0. The van der Waals surface area contributed by atoms with Crippen molar-refractivity contribution < 1.29 is 0 Å². The average molecular weight is 188 g/mol. The summed E-state index contributed by atoms with van der Waals surface area (Å²) >= 11 is 0. The molecule has 0 aromatic heterocycles. The standard InChI is InChI=1S/C14H20/c1-6-10-13-11(8(2)3)7-12(9(4)5)14(10)13/h7-9H,6H2,1-5H3. The lowest BCUT2D eigenvalue weighted by molar-refractivity contribution is 0.852. The lowest BCUT2D eigenvalue weighted by Gasteiger charge is -2.03. The Morgan fingerprint density at radius 1 is 0.929 bits per heavy atom. The molecule has 0 heteroatoms. The molecule has 0 radical (unpaired) electrons. The highest BCUT2D eigenvalue weighted by molar-refractivity contribution is 5.96. The van der Waals surface area contributed by atoms with E-state index < -0.39 is 0 Å². The summed E-state index contributed by atoms with van der Waals surface area (Å²) in [5, 5.41) is 0. The summed E-state index contributed by atoms with van der Waals surface area (Å²) in [5.41, 5.74) is 8.04. The van der Waals surface area contributed by atoms with Crippen LogP contribution in [0.2, 0.25) is 0 Å². The van der Waals surface area contributed by atoms with Gasteiger partial charge in [0.05, 0.1) is 0 Å². The van der Waals surface area contributed by atoms with Crippen molar-refractivity contribution in [1.29, 1.82) is 0 Å². The minimum atomic E-state index is 0.681. The molecule has 0 atom stereocenters. The Bertz CT molecular complexity index is 338. The number of hydrogen-bond acceptors (Lipinski definition) is 0. The van der Waals surface area contributed by atoms with Crippen LogP contribution < -0.4 is 0 Å². The van der Waals surface area contributed by atoms with Crippen LogP contribution in [0.3, 0.4) is 0 Å². The normalized spacial score (nSPS) is 12.8. The van der Waals surface area contributed by atoms with Gasteiger partial charge >= 0.3 is 0 Å². The Hall–Kier alpha value is -0.780. The molecule has 0 heterocycles. The fraction of sp³-hybridized carbons (Fsp3) is 0.571. The second-order valence-corrected chi connectivity index (χ2v) is 4.95. The Kier molecular flexibility index (Phi) is 2.17. The third kappa shape index (κ3) is 1.20. The van der Waals surface area contributed by atoms with Gasteiger partial charge in [0.25, 0.3) is 0 Å². The first kappa shape index (κ1) is 9.76. The van der Waals surface area contributed by atoms with Crippen LogP contribution >= 0.6 is 0 Å². The predicted molar refractivity (Wildman–Crippen MR) is 63.0 cm³/mol. The first-order valence-corrected chi connectivity index (χ1v) is 5.77. The van der Waals surface area contributed by atoms with E-state index in [0.29, 0.717) is 11.8 Å². The fourth-order valence-corrected chi connectivity index (χ4v) is 2.44. The maximum atomic E-state index is 2.43. The van der Waals surface area contributed by atoms with E-state index in [1.54, 1.807) is 27.8 Å². The minimum Gasteiger partial charge on any atom is -0.0612 e. The molecule has 0 saturated carbocycles. The van der Waals surface area contributed by atoms with Gasteiger partial charge in [-0.3, -0.25) is 0 Å². The molecule has 0 nitrogen and oxygen atoms in total. The molecule has 0 unspecified atom stereocenters. The average Bonchev–Trinajstić information content (AvgIpc) is 2.66. The maximum absolute atomic E-state index is 2.43. The molecule has 0 aromatic rings. The third-order valence-electron chi connectivity index (χ3n) is 3.28. The van der Waals surface area contributed by atoms with Crippen LogP contribution in [-0.4, -0.2) is 0 Å². The van der Waals surface area contributed by atoms with Crippen molar-refractivity contribution in [2.45, 2.75) is 52.9 Å². The first-order valence-electron chi connectivity index (χ1n) is 5.77. The highest BCUT2D eigenvalue weighted by Crippen LogP contribution is 2.53. The van der Waals surface area contributed by atoms with E-state index >= 15 is 0 Å². The lowest BCUT2D eigenvalue weighted by Crippen LogP contribution is -1.86. The summed E-state index contributed by atoms with van der Waals surface area (Å²) in [6, 6.07) is 2.43. The molecule has 0 amide bonds. The summed E-state index contributed by atoms with van der Waals surface area (Å²) in [6.45, 7) is 11.5. The molecular weight excluding hydrogens is 168 g/mol. The van der Waals surface area contributed by atoms with Crippen LogP contribution in [0.4, 0.5) is 0 Å². The topological polar surface area (TPSA) is 0 Å². The molecule has 0 bridgehead atoms. The molecule has 0 fully saturated rings. The second-order valence-electron chi connectivity index (χ2n) is 4.95. The maximum Gasteiger partial charge on any atom is -0.0105 e.